The van der Waals surface area contributed by atoms with E-state index in [1.54, 1.807) is 0 Å². The van der Waals surface area contributed by atoms with Crippen LogP contribution in [0.3, 0.4) is 0 Å². The van der Waals surface area contributed by atoms with Gasteiger partial charge in [0.25, 0.3) is 0 Å². The Morgan fingerprint density at radius 3 is 2.61 bits per heavy atom. The molecule has 3 nitrogen and oxygen atoms in total. The van der Waals surface area contributed by atoms with E-state index in [1.165, 1.54) is 12.8 Å². The van der Waals surface area contributed by atoms with Crippen LogP contribution in [0.1, 0.15) is 52.3 Å². The van der Waals surface area contributed by atoms with E-state index in [9.17, 15) is 0 Å². The van der Waals surface area contributed by atoms with Crippen molar-refractivity contribution in [3.05, 3.63) is 16.5 Å². The number of hydrogen-bond donors (Lipinski definition) is 0. The maximum Gasteiger partial charge on any atom is 0.134 e. The number of aromatic nitrogens is 2. The smallest absolute Gasteiger partial charge is 0.134 e. The number of anilines is 1. The number of hydrogen-bond acceptors (Lipinski definition) is 3. The molecule has 1 fully saturated rings. The highest BCUT2D eigenvalue weighted by atomic mass is 79.9. The van der Waals surface area contributed by atoms with Gasteiger partial charge in [0.1, 0.15) is 16.2 Å². The van der Waals surface area contributed by atoms with Crippen LogP contribution in [0, 0.1) is 5.92 Å². The van der Waals surface area contributed by atoms with Crippen molar-refractivity contribution < 1.29 is 0 Å². The van der Waals surface area contributed by atoms with E-state index in [1.807, 2.05) is 6.07 Å². The number of halogens is 1. The predicted molar refractivity (Wildman–Crippen MR) is 79.0 cm³/mol. The van der Waals surface area contributed by atoms with Gasteiger partial charge in [0.05, 0.1) is 0 Å². The van der Waals surface area contributed by atoms with Gasteiger partial charge in [-0.1, -0.05) is 27.7 Å². The van der Waals surface area contributed by atoms with Crippen LogP contribution >= 0.6 is 15.9 Å². The fraction of sp³-hybridized carbons (Fsp3) is 0.714. The van der Waals surface area contributed by atoms with Crippen LogP contribution in [0.25, 0.3) is 0 Å². The Hall–Kier alpha value is -0.640. The zero-order chi connectivity index (χ0) is 13.3. The van der Waals surface area contributed by atoms with Gasteiger partial charge in [-0.05, 0) is 34.7 Å². The molecule has 0 aliphatic carbocycles. The van der Waals surface area contributed by atoms with Crippen LogP contribution in [-0.2, 0) is 0 Å². The molecule has 0 aromatic carbocycles. The maximum atomic E-state index is 4.73. The third-order valence-electron chi connectivity index (χ3n) is 3.58. The second-order valence-electron chi connectivity index (χ2n) is 5.71. The van der Waals surface area contributed by atoms with Gasteiger partial charge in [-0.15, -0.1) is 0 Å². The SMILES string of the molecule is CC(C)c1nc(Br)cc(N2CCCC2C(C)C)n1. The predicted octanol–water partition coefficient (Wildman–Crippen LogP) is 3.99. The zero-order valence-corrected chi connectivity index (χ0v) is 13.2. The Morgan fingerprint density at radius 2 is 2.00 bits per heavy atom. The molecule has 2 heterocycles. The summed E-state index contributed by atoms with van der Waals surface area (Å²) in [6, 6.07) is 2.67. The summed E-state index contributed by atoms with van der Waals surface area (Å²) < 4.78 is 0.894. The lowest BCUT2D eigenvalue weighted by Crippen LogP contribution is -2.34. The molecule has 1 unspecified atom stereocenters. The van der Waals surface area contributed by atoms with Crippen molar-refractivity contribution in [2.75, 3.05) is 11.4 Å². The van der Waals surface area contributed by atoms with Crippen molar-refractivity contribution in [2.45, 2.75) is 52.5 Å². The standard InChI is InChI=1S/C14H22BrN3/c1-9(2)11-6-5-7-18(11)13-8-12(15)16-14(17-13)10(3)4/h8-11H,5-7H2,1-4H3. The van der Waals surface area contributed by atoms with E-state index < -0.39 is 0 Å². The average molecular weight is 312 g/mol. The van der Waals surface area contributed by atoms with Crippen LogP contribution in [0.2, 0.25) is 0 Å². The van der Waals surface area contributed by atoms with Crippen LogP contribution in [-0.4, -0.2) is 22.6 Å². The van der Waals surface area contributed by atoms with Gasteiger partial charge in [-0.3, -0.25) is 0 Å². The molecule has 1 saturated heterocycles. The molecule has 0 spiro atoms. The highest BCUT2D eigenvalue weighted by molar-refractivity contribution is 9.10. The molecule has 0 amide bonds. The van der Waals surface area contributed by atoms with Crippen molar-refractivity contribution >= 4 is 21.7 Å². The summed E-state index contributed by atoms with van der Waals surface area (Å²) in [5.74, 6) is 3.04. The molecule has 1 aromatic rings. The van der Waals surface area contributed by atoms with E-state index in [0.29, 0.717) is 17.9 Å². The van der Waals surface area contributed by atoms with Crippen LogP contribution in [0.15, 0.2) is 10.7 Å². The fourth-order valence-corrected chi connectivity index (χ4v) is 2.98. The summed E-state index contributed by atoms with van der Waals surface area (Å²) >= 11 is 3.51. The molecule has 1 aromatic heterocycles. The zero-order valence-electron chi connectivity index (χ0n) is 11.7. The fourth-order valence-electron chi connectivity index (χ4n) is 2.60. The molecule has 0 saturated carbocycles. The van der Waals surface area contributed by atoms with Gasteiger partial charge in [-0.25, -0.2) is 9.97 Å². The molecule has 2 rings (SSSR count). The molecule has 0 radical (unpaired) electrons. The molecular formula is C14H22BrN3. The minimum atomic E-state index is 0.362. The Morgan fingerprint density at radius 1 is 1.28 bits per heavy atom. The second kappa shape index (κ2) is 5.55. The van der Waals surface area contributed by atoms with Crippen molar-refractivity contribution in [1.82, 2.24) is 9.97 Å². The van der Waals surface area contributed by atoms with Crippen molar-refractivity contribution in [3.63, 3.8) is 0 Å². The van der Waals surface area contributed by atoms with Crippen molar-refractivity contribution in [2.24, 2.45) is 5.92 Å². The summed E-state index contributed by atoms with van der Waals surface area (Å²) in [6.45, 7) is 9.97. The van der Waals surface area contributed by atoms with Gasteiger partial charge in [0.15, 0.2) is 0 Å². The monoisotopic (exact) mass is 311 g/mol. The second-order valence-corrected chi connectivity index (χ2v) is 6.52. The average Bonchev–Trinajstić information content (AvgIpc) is 2.76. The van der Waals surface area contributed by atoms with Crippen LogP contribution in [0.4, 0.5) is 5.82 Å². The highest BCUT2D eigenvalue weighted by Crippen LogP contribution is 2.30. The first kappa shape index (κ1) is 13.8. The largest absolute Gasteiger partial charge is 0.353 e. The summed E-state index contributed by atoms with van der Waals surface area (Å²) in [5, 5.41) is 0. The third-order valence-corrected chi connectivity index (χ3v) is 3.98. The normalized spacial score (nSPS) is 20.2. The van der Waals surface area contributed by atoms with E-state index in [2.05, 4.69) is 53.5 Å². The van der Waals surface area contributed by atoms with Crippen molar-refractivity contribution in [1.29, 1.82) is 0 Å². The number of nitrogens with zero attached hydrogens (tertiary/aromatic N) is 3. The Bertz CT molecular complexity index is 418. The summed E-state index contributed by atoms with van der Waals surface area (Å²) in [4.78, 5) is 11.6. The first-order valence-corrected chi connectivity index (χ1v) is 7.59. The van der Waals surface area contributed by atoms with Gasteiger partial charge < -0.3 is 4.90 Å². The van der Waals surface area contributed by atoms with E-state index in [0.717, 1.165) is 22.8 Å². The maximum absolute atomic E-state index is 4.73. The molecule has 4 heteroatoms. The van der Waals surface area contributed by atoms with Gasteiger partial charge in [-0.2, -0.15) is 0 Å². The van der Waals surface area contributed by atoms with E-state index in [4.69, 9.17) is 4.98 Å². The Labute approximate surface area is 118 Å². The molecular weight excluding hydrogens is 290 g/mol. The third kappa shape index (κ3) is 2.85. The molecule has 100 valence electrons. The Balaban J connectivity index is 2.32. The van der Waals surface area contributed by atoms with Crippen LogP contribution < -0.4 is 4.90 Å². The lowest BCUT2D eigenvalue weighted by Gasteiger charge is -2.29. The molecule has 18 heavy (non-hydrogen) atoms. The van der Waals surface area contributed by atoms with Gasteiger partial charge in [0.2, 0.25) is 0 Å². The first-order chi connectivity index (χ1) is 8.49. The summed E-state index contributed by atoms with van der Waals surface area (Å²) in [6.07, 6.45) is 2.54. The molecule has 1 aliphatic rings. The number of rotatable bonds is 3. The lowest BCUT2D eigenvalue weighted by molar-refractivity contribution is 0.488. The first-order valence-electron chi connectivity index (χ1n) is 6.80. The summed E-state index contributed by atoms with van der Waals surface area (Å²) in [7, 11) is 0. The molecule has 1 aliphatic heterocycles. The molecule has 0 N–H and O–H groups in total. The minimum absolute atomic E-state index is 0.362. The topological polar surface area (TPSA) is 29.0 Å². The quantitative estimate of drug-likeness (QED) is 0.790. The minimum Gasteiger partial charge on any atom is -0.353 e. The molecule has 0 bridgehead atoms. The van der Waals surface area contributed by atoms with E-state index in [-0.39, 0.29) is 0 Å². The lowest BCUT2D eigenvalue weighted by atomic mass is 10.0. The van der Waals surface area contributed by atoms with Crippen molar-refractivity contribution in [3.8, 4) is 0 Å². The van der Waals surface area contributed by atoms with Crippen LogP contribution in [0.5, 0.6) is 0 Å². The molecule has 1 atom stereocenters. The Kier molecular flexibility index (Phi) is 4.25. The van der Waals surface area contributed by atoms with E-state index >= 15 is 0 Å². The highest BCUT2D eigenvalue weighted by Gasteiger charge is 2.28. The van der Waals surface area contributed by atoms with Gasteiger partial charge >= 0.3 is 0 Å². The van der Waals surface area contributed by atoms with Gasteiger partial charge in [0, 0.05) is 24.6 Å². The summed E-state index contributed by atoms with van der Waals surface area (Å²) in [5.41, 5.74) is 0.